The normalized spacial score (nSPS) is 10.3. The second kappa shape index (κ2) is 6.24. The Balaban J connectivity index is 2.13. The summed E-state index contributed by atoms with van der Waals surface area (Å²) >= 11 is 8.98. The van der Waals surface area contributed by atoms with E-state index >= 15 is 0 Å². The van der Waals surface area contributed by atoms with E-state index in [1.165, 1.54) is 18.2 Å². The van der Waals surface area contributed by atoms with Gasteiger partial charge in [-0.1, -0.05) is 33.6 Å². The Morgan fingerprint density at radius 2 is 2.05 bits per heavy atom. The number of carboxylic acids is 1. The first kappa shape index (κ1) is 14.8. The number of halogens is 3. The number of hydrogen-bond acceptors (Lipinski definition) is 2. The summed E-state index contributed by atoms with van der Waals surface area (Å²) in [5, 5.41) is 12.1. The van der Waals surface area contributed by atoms with Crippen LogP contribution in [0.25, 0.3) is 0 Å². The smallest absolute Gasteiger partial charge is 0.335 e. The maximum absolute atomic E-state index is 13.6. The van der Waals surface area contributed by atoms with Crippen molar-refractivity contribution in [2.75, 3.05) is 5.32 Å². The van der Waals surface area contributed by atoms with Crippen molar-refractivity contribution in [2.45, 2.75) is 6.54 Å². The first-order valence-corrected chi connectivity index (χ1v) is 6.85. The van der Waals surface area contributed by atoms with E-state index in [1.54, 1.807) is 18.2 Å². The summed E-state index contributed by atoms with van der Waals surface area (Å²) < 4.78 is 14.2. The molecule has 2 aromatic carbocycles. The fourth-order valence-corrected chi connectivity index (χ4v) is 2.32. The lowest BCUT2D eigenvalue weighted by atomic mass is 10.1. The number of anilines is 1. The molecule has 104 valence electrons. The molecule has 6 heteroatoms. The highest BCUT2D eigenvalue weighted by molar-refractivity contribution is 9.10. The summed E-state index contributed by atoms with van der Waals surface area (Å²) in [4.78, 5) is 10.8. The first-order valence-electron chi connectivity index (χ1n) is 5.68. The molecule has 0 saturated heterocycles. The van der Waals surface area contributed by atoms with Crippen molar-refractivity contribution in [1.29, 1.82) is 0 Å². The molecule has 0 atom stereocenters. The average molecular weight is 359 g/mol. The lowest BCUT2D eigenvalue weighted by Gasteiger charge is -2.10. The van der Waals surface area contributed by atoms with Gasteiger partial charge in [0.25, 0.3) is 0 Å². The second-order valence-electron chi connectivity index (χ2n) is 4.09. The third-order valence-corrected chi connectivity index (χ3v) is 3.67. The van der Waals surface area contributed by atoms with E-state index in [2.05, 4.69) is 21.2 Å². The third kappa shape index (κ3) is 3.49. The number of carboxylic acid groups (broad SMARTS) is 1. The topological polar surface area (TPSA) is 49.3 Å². The van der Waals surface area contributed by atoms with Gasteiger partial charge in [0, 0.05) is 16.0 Å². The van der Waals surface area contributed by atoms with Crippen LogP contribution in [0.3, 0.4) is 0 Å². The Morgan fingerprint density at radius 3 is 2.65 bits per heavy atom. The van der Waals surface area contributed by atoms with Crippen molar-refractivity contribution in [3.8, 4) is 0 Å². The van der Waals surface area contributed by atoms with Gasteiger partial charge in [0.1, 0.15) is 5.82 Å². The summed E-state index contributed by atoms with van der Waals surface area (Å²) in [5.74, 6) is -1.43. The molecule has 0 fully saturated rings. The van der Waals surface area contributed by atoms with Crippen LogP contribution in [0.4, 0.5) is 10.1 Å². The Kier molecular flexibility index (Phi) is 4.62. The number of benzene rings is 2. The zero-order chi connectivity index (χ0) is 14.7. The minimum absolute atomic E-state index is 0.193. The summed E-state index contributed by atoms with van der Waals surface area (Å²) in [5.41, 5.74) is 1.35. The molecule has 0 aromatic heterocycles. The van der Waals surface area contributed by atoms with Crippen molar-refractivity contribution in [2.24, 2.45) is 0 Å². The van der Waals surface area contributed by atoms with Crippen molar-refractivity contribution in [3.05, 3.63) is 62.8 Å². The molecule has 0 heterocycles. The maximum Gasteiger partial charge on any atom is 0.335 e. The molecular weight excluding hydrogens is 349 g/mol. The predicted molar refractivity (Wildman–Crippen MR) is 79.8 cm³/mol. The van der Waals surface area contributed by atoms with Crippen LogP contribution in [-0.4, -0.2) is 11.1 Å². The maximum atomic E-state index is 13.6. The van der Waals surface area contributed by atoms with Gasteiger partial charge in [0.05, 0.1) is 11.3 Å². The van der Waals surface area contributed by atoms with Gasteiger partial charge in [-0.2, -0.15) is 0 Å². The van der Waals surface area contributed by atoms with E-state index in [0.29, 0.717) is 21.7 Å². The molecule has 3 nitrogen and oxygen atoms in total. The predicted octanol–water partition coefficient (Wildman–Crippen LogP) is 4.55. The largest absolute Gasteiger partial charge is 0.478 e. The van der Waals surface area contributed by atoms with Crippen LogP contribution in [-0.2, 0) is 6.54 Å². The van der Waals surface area contributed by atoms with Gasteiger partial charge in [-0.15, -0.1) is 0 Å². The number of aromatic carboxylic acids is 1. The summed E-state index contributed by atoms with van der Waals surface area (Å²) in [6.07, 6.45) is 0. The average Bonchev–Trinajstić information content (AvgIpc) is 2.38. The van der Waals surface area contributed by atoms with Crippen molar-refractivity contribution in [1.82, 2.24) is 0 Å². The molecule has 0 aliphatic carbocycles. The molecular formula is C14H10BrClFNO2. The molecule has 2 rings (SSSR count). The lowest BCUT2D eigenvalue weighted by Crippen LogP contribution is -2.03. The van der Waals surface area contributed by atoms with Crippen LogP contribution in [0.2, 0.25) is 5.02 Å². The monoisotopic (exact) mass is 357 g/mol. The zero-order valence-electron chi connectivity index (χ0n) is 10.2. The summed E-state index contributed by atoms with van der Waals surface area (Å²) in [6, 6.07) is 9.06. The molecule has 20 heavy (non-hydrogen) atoms. The molecule has 2 aromatic rings. The Morgan fingerprint density at radius 1 is 1.30 bits per heavy atom. The molecule has 0 bridgehead atoms. The number of hydrogen-bond donors (Lipinski definition) is 2. The molecule has 2 N–H and O–H groups in total. The minimum atomic E-state index is -0.992. The fraction of sp³-hybridized carbons (Fsp3) is 0.0714. The van der Waals surface area contributed by atoms with Crippen LogP contribution >= 0.6 is 27.5 Å². The van der Waals surface area contributed by atoms with Crippen LogP contribution in [0.1, 0.15) is 15.9 Å². The molecule has 0 radical (unpaired) electrons. The van der Waals surface area contributed by atoms with Gasteiger partial charge < -0.3 is 10.4 Å². The minimum Gasteiger partial charge on any atom is -0.478 e. The number of nitrogens with one attached hydrogen (secondary N) is 1. The fourth-order valence-electron chi connectivity index (χ4n) is 1.65. The zero-order valence-corrected chi connectivity index (χ0v) is 12.5. The molecule has 0 spiro atoms. The van der Waals surface area contributed by atoms with Crippen LogP contribution in [0, 0.1) is 5.82 Å². The molecule has 0 saturated carbocycles. The van der Waals surface area contributed by atoms with Gasteiger partial charge in [-0.3, -0.25) is 0 Å². The van der Waals surface area contributed by atoms with Crippen LogP contribution < -0.4 is 5.32 Å². The Labute approximate surface area is 128 Å². The highest BCUT2D eigenvalue weighted by Crippen LogP contribution is 2.22. The second-order valence-corrected chi connectivity index (χ2v) is 5.38. The third-order valence-electron chi connectivity index (χ3n) is 2.70. The van der Waals surface area contributed by atoms with E-state index in [0.717, 1.165) is 5.56 Å². The van der Waals surface area contributed by atoms with Crippen LogP contribution in [0.5, 0.6) is 0 Å². The SMILES string of the molecule is O=C(O)c1ccc(CNc2ccc(Cl)cc2F)c(Br)c1. The van der Waals surface area contributed by atoms with Crippen LogP contribution in [0.15, 0.2) is 40.9 Å². The van der Waals surface area contributed by atoms with Gasteiger partial charge >= 0.3 is 5.97 Å². The highest BCUT2D eigenvalue weighted by atomic mass is 79.9. The highest BCUT2D eigenvalue weighted by Gasteiger charge is 2.08. The van der Waals surface area contributed by atoms with E-state index in [-0.39, 0.29) is 5.56 Å². The van der Waals surface area contributed by atoms with E-state index in [1.807, 2.05) is 0 Å². The quantitative estimate of drug-likeness (QED) is 0.843. The molecule has 0 aliphatic heterocycles. The van der Waals surface area contributed by atoms with Crippen molar-refractivity contribution >= 4 is 39.2 Å². The first-order chi connectivity index (χ1) is 9.47. The number of rotatable bonds is 4. The van der Waals surface area contributed by atoms with E-state index in [4.69, 9.17) is 16.7 Å². The van der Waals surface area contributed by atoms with E-state index in [9.17, 15) is 9.18 Å². The Bertz CT molecular complexity index is 664. The molecule has 0 aliphatic rings. The van der Waals surface area contributed by atoms with Crippen molar-refractivity contribution < 1.29 is 14.3 Å². The molecule has 0 amide bonds. The van der Waals surface area contributed by atoms with Gasteiger partial charge in [-0.05, 0) is 35.9 Å². The Hall–Kier alpha value is -1.59. The summed E-state index contributed by atoms with van der Waals surface area (Å²) in [7, 11) is 0. The van der Waals surface area contributed by atoms with Gasteiger partial charge in [0.2, 0.25) is 0 Å². The summed E-state index contributed by atoms with van der Waals surface area (Å²) in [6.45, 7) is 0.360. The van der Waals surface area contributed by atoms with E-state index < -0.39 is 11.8 Å². The molecule has 0 unspecified atom stereocenters. The lowest BCUT2D eigenvalue weighted by molar-refractivity contribution is 0.0697. The van der Waals surface area contributed by atoms with Gasteiger partial charge in [-0.25, -0.2) is 9.18 Å². The van der Waals surface area contributed by atoms with Gasteiger partial charge in [0.15, 0.2) is 0 Å². The standard InChI is InChI=1S/C14H10BrClFNO2/c15-11-5-8(14(19)20)1-2-9(11)7-18-13-4-3-10(16)6-12(13)17/h1-6,18H,7H2,(H,19,20). The van der Waals surface area contributed by atoms with Crippen molar-refractivity contribution in [3.63, 3.8) is 0 Å². The number of carbonyl (C=O) groups is 1.